The van der Waals surface area contributed by atoms with E-state index < -0.39 is 42.1 Å². The Kier molecular flexibility index (Phi) is 10.2. The predicted octanol–water partition coefficient (Wildman–Crippen LogP) is 7.51. The lowest BCUT2D eigenvalue weighted by atomic mass is 9.93. The molecular formula is C39H38N6O9S2. The third-order valence-electron chi connectivity index (χ3n) is 9.41. The Morgan fingerprint density at radius 1 is 0.661 bits per heavy atom. The number of nitrogens with zero attached hydrogens (tertiary/aromatic N) is 1. The Hall–Kier alpha value is -6.27. The summed E-state index contributed by atoms with van der Waals surface area (Å²) in [6, 6.07) is 15.1. The number of nitrogens with two attached hydrogens (primary N) is 2. The molecule has 1 aliphatic carbocycles. The molecule has 17 heteroatoms. The molecule has 1 aliphatic heterocycles. The summed E-state index contributed by atoms with van der Waals surface area (Å²) in [5.41, 5.74) is 17.8. The molecule has 0 aromatic heterocycles. The molecule has 0 unspecified atom stereocenters. The van der Waals surface area contributed by atoms with Gasteiger partial charge in [0.15, 0.2) is 0 Å². The van der Waals surface area contributed by atoms with E-state index in [0.29, 0.717) is 50.4 Å². The first-order chi connectivity index (χ1) is 26.1. The molecule has 0 radical (unpaired) electrons. The van der Waals surface area contributed by atoms with Crippen molar-refractivity contribution in [2.75, 3.05) is 16.0 Å². The fourth-order valence-electron chi connectivity index (χ4n) is 7.09. The summed E-state index contributed by atoms with van der Waals surface area (Å²) >= 11 is 0. The Morgan fingerprint density at radius 3 is 1.84 bits per heavy atom. The quantitative estimate of drug-likeness (QED) is 0.0589. The summed E-state index contributed by atoms with van der Waals surface area (Å²) in [7, 11) is -9.81. The second kappa shape index (κ2) is 14.4. The van der Waals surface area contributed by atoms with Crippen molar-refractivity contribution in [1.29, 1.82) is 0 Å². The number of hydrogen-bond acceptors (Lipinski definition) is 9. The van der Waals surface area contributed by atoms with Gasteiger partial charge >= 0.3 is 12.1 Å². The molecule has 0 saturated heterocycles. The molecule has 9 N–H and O–H groups in total. The molecule has 56 heavy (non-hydrogen) atoms. The van der Waals surface area contributed by atoms with Gasteiger partial charge in [-0.1, -0.05) is 30.3 Å². The second-order valence-corrected chi connectivity index (χ2v) is 16.2. The van der Waals surface area contributed by atoms with E-state index in [1.807, 2.05) is 26.8 Å². The summed E-state index contributed by atoms with van der Waals surface area (Å²) in [6.07, 6.45) is 0. The van der Waals surface area contributed by atoms with Crippen LogP contribution in [0.4, 0.5) is 38.0 Å². The molecule has 4 aromatic carbocycles. The molecule has 2 aliphatic rings. The van der Waals surface area contributed by atoms with Gasteiger partial charge in [-0.3, -0.25) is 9.11 Å². The molecule has 6 rings (SSSR count). The van der Waals surface area contributed by atoms with Gasteiger partial charge in [-0.05, 0) is 99.2 Å². The minimum Gasteiger partial charge on any atom is -0.456 e. The standard InChI is InChI=1S/C39H38N6O9S2/c1-18-13-20(3)36(44-38(40)46)22(5)34(18)42-24-11-12-25-29(15-24)54-30-17-28(43-35-19(2)14-21(4)37(23(35)6)45-39(41)47)32(56(51,52)53)16-27(30)33(25)26-9-7-8-10-31(26)55(48,49)50/h7-17,42H,1-6H3,(H3,40,44,46)(H3,41,45,47)(H,48,49,50)(H,51,52,53)/b43-28-. The van der Waals surface area contributed by atoms with Crippen molar-refractivity contribution < 1.29 is 39.9 Å². The summed E-state index contributed by atoms with van der Waals surface area (Å²) in [4.78, 5) is 27.1. The summed E-state index contributed by atoms with van der Waals surface area (Å²) in [6.45, 7) is 10.7. The zero-order valence-corrected chi connectivity index (χ0v) is 32.7. The van der Waals surface area contributed by atoms with Gasteiger partial charge in [-0.25, -0.2) is 14.6 Å². The maximum absolute atomic E-state index is 13.1. The van der Waals surface area contributed by atoms with Gasteiger partial charge in [0.1, 0.15) is 21.1 Å². The zero-order valence-electron chi connectivity index (χ0n) is 31.0. The van der Waals surface area contributed by atoms with Crippen molar-refractivity contribution >= 4 is 71.7 Å². The van der Waals surface area contributed by atoms with Crippen LogP contribution in [-0.2, 0) is 20.2 Å². The van der Waals surface area contributed by atoms with Gasteiger partial charge in [0.2, 0.25) is 0 Å². The molecule has 290 valence electrons. The molecule has 15 nitrogen and oxygen atoms in total. The topological polar surface area (TPSA) is 257 Å². The van der Waals surface area contributed by atoms with Crippen molar-refractivity contribution in [3.8, 4) is 22.5 Å². The first-order valence-electron chi connectivity index (χ1n) is 16.9. The number of carbonyl (C=O) groups is 2. The van der Waals surface area contributed by atoms with Crippen molar-refractivity contribution in [2.45, 2.75) is 51.3 Å². The lowest BCUT2D eigenvalue weighted by molar-refractivity contribution is 0.258. The molecule has 0 atom stereocenters. The van der Waals surface area contributed by atoms with Gasteiger partial charge in [0.25, 0.3) is 20.2 Å². The molecular weight excluding hydrogens is 761 g/mol. The number of aryl methyl sites for hydroxylation is 4. The van der Waals surface area contributed by atoms with Crippen LogP contribution in [0.25, 0.3) is 33.4 Å². The van der Waals surface area contributed by atoms with Crippen molar-refractivity contribution in [2.24, 2.45) is 16.5 Å². The number of carbonyl (C=O) groups excluding carboxylic acids is 2. The minimum atomic E-state index is -5.00. The zero-order chi connectivity index (χ0) is 41.0. The summed E-state index contributed by atoms with van der Waals surface area (Å²) in [5.74, 6) is 0.0366. The van der Waals surface area contributed by atoms with Gasteiger partial charge in [-0.2, -0.15) is 16.8 Å². The summed E-state index contributed by atoms with van der Waals surface area (Å²) < 4.78 is 78.8. The first-order valence-corrected chi connectivity index (χ1v) is 19.8. The number of hydrogen-bond donors (Lipinski definition) is 7. The highest BCUT2D eigenvalue weighted by Gasteiger charge is 2.27. The van der Waals surface area contributed by atoms with Crippen molar-refractivity contribution in [1.82, 2.24) is 0 Å². The molecule has 4 aromatic rings. The number of nitrogens with one attached hydrogen (secondary N) is 3. The molecule has 4 amide bonds. The highest BCUT2D eigenvalue weighted by Crippen LogP contribution is 2.44. The highest BCUT2D eigenvalue weighted by atomic mass is 32.2. The summed E-state index contributed by atoms with van der Waals surface area (Å²) in [5, 5.41) is 8.70. The minimum absolute atomic E-state index is 0.0206. The van der Waals surface area contributed by atoms with Gasteiger partial charge in [0, 0.05) is 45.6 Å². The predicted molar refractivity (Wildman–Crippen MR) is 214 cm³/mol. The third-order valence-corrected chi connectivity index (χ3v) is 11.2. The van der Waals surface area contributed by atoms with Gasteiger partial charge in [0.05, 0.1) is 22.4 Å². The molecule has 0 saturated carbocycles. The molecule has 0 bridgehead atoms. The maximum Gasteiger partial charge on any atom is 0.316 e. The fraction of sp³-hybridized carbons (Fsp3) is 0.154. The van der Waals surface area contributed by atoms with Crippen LogP contribution < -0.4 is 32.8 Å². The lowest BCUT2D eigenvalue weighted by Gasteiger charge is -2.20. The van der Waals surface area contributed by atoms with E-state index in [1.54, 1.807) is 51.1 Å². The van der Waals surface area contributed by atoms with Crippen molar-refractivity contribution in [3.05, 3.63) is 105 Å². The van der Waals surface area contributed by atoms with Crippen LogP contribution >= 0.6 is 0 Å². The van der Waals surface area contributed by atoms with E-state index in [2.05, 4.69) is 20.9 Å². The van der Waals surface area contributed by atoms with E-state index in [-0.39, 0.29) is 39.1 Å². The highest BCUT2D eigenvalue weighted by molar-refractivity contribution is 7.86. The third kappa shape index (κ3) is 7.52. The Morgan fingerprint density at radius 2 is 1.23 bits per heavy atom. The largest absolute Gasteiger partial charge is 0.456 e. The van der Waals surface area contributed by atoms with E-state index in [9.17, 15) is 35.5 Å². The van der Waals surface area contributed by atoms with E-state index >= 15 is 0 Å². The van der Waals surface area contributed by atoms with Gasteiger partial charge < -0.3 is 31.8 Å². The molecule has 0 fully saturated rings. The Bertz CT molecular complexity index is 2920. The number of fused-ring (bicyclic) bond motifs is 2. The van der Waals surface area contributed by atoms with Crippen LogP contribution in [0, 0.1) is 41.5 Å². The van der Waals surface area contributed by atoms with Crippen LogP contribution in [0.1, 0.15) is 33.4 Å². The SMILES string of the molecule is Cc1cc(C)c(NC(N)=O)c(C)c1/N=c1/cc2oc3cc(Nc4c(C)cc(C)c(NC(N)=O)c4C)ccc3c(-c3ccccc3S(=O)(=O)O)c-2cc1S(=O)(=O)O. The van der Waals surface area contributed by atoms with Crippen LogP contribution in [0.3, 0.4) is 0 Å². The van der Waals surface area contributed by atoms with E-state index in [1.165, 1.54) is 24.3 Å². The molecule has 1 heterocycles. The van der Waals surface area contributed by atoms with Gasteiger partial charge in [-0.15, -0.1) is 0 Å². The lowest BCUT2D eigenvalue weighted by Crippen LogP contribution is -2.21. The number of primary amides is 2. The Labute approximate surface area is 322 Å². The second-order valence-electron chi connectivity index (χ2n) is 13.4. The average molecular weight is 799 g/mol. The Balaban J connectivity index is 1.70. The number of anilines is 4. The van der Waals surface area contributed by atoms with Crippen LogP contribution in [0.2, 0.25) is 0 Å². The van der Waals surface area contributed by atoms with E-state index in [0.717, 1.165) is 17.2 Å². The normalized spacial score (nSPS) is 12.2. The fourth-order valence-corrected chi connectivity index (χ4v) is 8.42. The van der Waals surface area contributed by atoms with Crippen molar-refractivity contribution in [3.63, 3.8) is 0 Å². The first kappa shape index (κ1) is 39.4. The average Bonchev–Trinajstić information content (AvgIpc) is 3.09. The number of urea groups is 2. The van der Waals surface area contributed by atoms with Crippen LogP contribution in [0.15, 0.2) is 85.9 Å². The number of benzene rings is 5. The molecule has 0 spiro atoms. The smallest absolute Gasteiger partial charge is 0.316 e. The van der Waals surface area contributed by atoms with E-state index in [4.69, 9.17) is 15.9 Å². The maximum atomic E-state index is 13.1. The number of amides is 4. The number of rotatable bonds is 8. The van der Waals surface area contributed by atoms with Crippen LogP contribution in [0.5, 0.6) is 0 Å². The monoisotopic (exact) mass is 798 g/mol. The van der Waals surface area contributed by atoms with Crippen LogP contribution in [-0.4, -0.2) is 38.0 Å².